The molecule has 0 bridgehead atoms. The lowest BCUT2D eigenvalue weighted by Gasteiger charge is -2.26. The van der Waals surface area contributed by atoms with Crippen LogP contribution in [0.3, 0.4) is 0 Å². The van der Waals surface area contributed by atoms with Crippen molar-refractivity contribution in [1.82, 2.24) is 15.3 Å². The fraction of sp³-hybridized carbons (Fsp3) is 0.750. The zero-order chi connectivity index (χ0) is 14.5. The molecule has 0 amide bonds. The number of nitrogens with zero attached hydrogens (tertiary/aromatic N) is 3. The first-order valence-corrected chi connectivity index (χ1v) is 7.84. The average Bonchev–Trinajstić information content (AvgIpc) is 3.20. The summed E-state index contributed by atoms with van der Waals surface area (Å²) < 4.78 is 0. The molecule has 1 saturated carbocycles. The van der Waals surface area contributed by atoms with Crippen LogP contribution >= 0.6 is 0 Å². The summed E-state index contributed by atoms with van der Waals surface area (Å²) in [4.78, 5) is 11.4. The van der Waals surface area contributed by atoms with E-state index in [4.69, 9.17) is 0 Å². The number of hydrogen-bond donors (Lipinski definition) is 1. The van der Waals surface area contributed by atoms with E-state index in [1.54, 1.807) is 0 Å². The summed E-state index contributed by atoms with van der Waals surface area (Å²) in [5.41, 5.74) is 1.16. The highest BCUT2D eigenvalue weighted by Crippen LogP contribution is 2.31. The first-order valence-electron chi connectivity index (χ1n) is 7.84. The van der Waals surface area contributed by atoms with E-state index in [0.717, 1.165) is 37.1 Å². The van der Waals surface area contributed by atoms with Crippen molar-refractivity contribution in [1.29, 1.82) is 0 Å². The Balaban J connectivity index is 1.91. The van der Waals surface area contributed by atoms with Crippen LogP contribution in [0.25, 0.3) is 0 Å². The van der Waals surface area contributed by atoms with Gasteiger partial charge in [0.15, 0.2) is 0 Å². The van der Waals surface area contributed by atoms with Gasteiger partial charge in [0.25, 0.3) is 0 Å². The van der Waals surface area contributed by atoms with E-state index in [1.807, 2.05) is 12.4 Å². The molecule has 0 aliphatic heterocycles. The van der Waals surface area contributed by atoms with Gasteiger partial charge in [-0.2, -0.15) is 0 Å². The molecule has 112 valence electrons. The van der Waals surface area contributed by atoms with E-state index >= 15 is 0 Å². The second kappa shape index (κ2) is 7.02. The summed E-state index contributed by atoms with van der Waals surface area (Å²) in [5.74, 6) is 2.40. The minimum atomic E-state index is 0.459. The highest BCUT2D eigenvalue weighted by molar-refractivity contribution is 5.31. The van der Waals surface area contributed by atoms with Crippen LogP contribution in [0.15, 0.2) is 12.4 Å². The molecule has 1 aromatic rings. The Bertz CT molecular complexity index is 395. The molecular formula is C16H28N4. The fourth-order valence-electron chi connectivity index (χ4n) is 2.19. The van der Waals surface area contributed by atoms with E-state index in [-0.39, 0.29) is 0 Å². The van der Waals surface area contributed by atoms with Gasteiger partial charge in [0.2, 0.25) is 5.95 Å². The molecule has 0 radical (unpaired) electrons. The molecule has 2 rings (SSSR count). The third kappa shape index (κ3) is 4.75. The Hall–Kier alpha value is -1.16. The van der Waals surface area contributed by atoms with E-state index in [2.05, 4.69) is 47.9 Å². The first kappa shape index (κ1) is 15.2. The summed E-state index contributed by atoms with van der Waals surface area (Å²) in [6, 6.07) is 0.459. The second-order valence-electron chi connectivity index (χ2n) is 6.61. The number of anilines is 1. The van der Waals surface area contributed by atoms with Crippen molar-refractivity contribution in [3.63, 3.8) is 0 Å². The van der Waals surface area contributed by atoms with E-state index in [1.165, 1.54) is 12.8 Å². The molecule has 0 aromatic carbocycles. The Morgan fingerprint density at radius 1 is 1.20 bits per heavy atom. The SMILES string of the molecule is CC(C)CNCc1cnc(N(CC2CC2)C(C)C)nc1. The maximum Gasteiger partial charge on any atom is 0.225 e. The van der Waals surface area contributed by atoms with Gasteiger partial charge in [0.1, 0.15) is 0 Å². The van der Waals surface area contributed by atoms with Gasteiger partial charge in [-0.3, -0.25) is 0 Å². The number of nitrogens with one attached hydrogen (secondary N) is 1. The second-order valence-corrected chi connectivity index (χ2v) is 6.61. The standard InChI is InChI=1S/C16H28N4/c1-12(2)7-17-8-15-9-18-16(19-10-15)20(13(3)4)11-14-5-6-14/h9-10,12-14,17H,5-8,11H2,1-4H3. The van der Waals surface area contributed by atoms with Crippen LogP contribution in [0.2, 0.25) is 0 Å². The lowest BCUT2D eigenvalue weighted by atomic mass is 10.2. The Morgan fingerprint density at radius 2 is 1.85 bits per heavy atom. The van der Waals surface area contributed by atoms with Crippen LogP contribution in [0.5, 0.6) is 0 Å². The van der Waals surface area contributed by atoms with Crippen molar-refractivity contribution < 1.29 is 0 Å². The summed E-state index contributed by atoms with van der Waals surface area (Å²) >= 11 is 0. The highest BCUT2D eigenvalue weighted by atomic mass is 15.3. The molecular weight excluding hydrogens is 248 g/mol. The largest absolute Gasteiger partial charge is 0.338 e. The lowest BCUT2D eigenvalue weighted by molar-refractivity contribution is 0.550. The molecule has 1 N–H and O–H groups in total. The topological polar surface area (TPSA) is 41.1 Å². The quantitative estimate of drug-likeness (QED) is 0.792. The van der Waals surface area contributed by atoms with Crippen LogP contribution in [0.4, 0.5) is 5.95 Å². The van der Waals surface area contributed by atoms with Crippen molar-refractivity contribution in [2.24, 2.45) is 11.8 Å². The van der Waals surface area contributed by atoms with Crippen LogP contribution in [-0.2, 0) is 6.54 Å². The maximum absolute atomic E-state index is 4.55. The Labute approximate surface area is 123 Å². The first-order chi connectivity index (χ1) is 9.56. The Kier molecular flexibility index (Phi) is 5.35. The highest BCUT2D eigenvalue weighted by Gasteiger charge is 2.26. The van der Waals surface area contributed by atoms with Gasteiger partial charge in [0, 0.05) is 37.1 Å². The van der Waals surface area contributed by atoms with Gasteiger partial charge >= 0.3 is 0 Å². The normalized spacial score (nSPS) is 15.1. The Morgan fingerprint density at radius 3 is 2.35 bits per heavy atom. The molecule has 1 fully saturated rings. The van der Waals surface area contributed by atoms with Crippen LogP contribution in [0, 0.1) is 11.8 Å². The van der Waals surface area contributed by atoms with Crippen molar-refractivity contribution in [3.8, 4) is 0 Å². The predicted octanol–water partition coefficient (Wildman–Crippen LogP) is 2.85. The molecule has 1 heterocycles. The zero-order valence-electron chi connectivity index (χ0n) is 13.3. The summed E-state index contributed by atoms with van der Waals surface area (Å²) in [7, 11) is 0. The fourth-order valence-corrected chi connectivity index (χ4v) is 2.19. The van der Waals surface area contributed by atoms with Crippen molar-refractivity contribution >= 4 is 5.95 Å². The smallest absolute Gasteiger partial charge is 0.225 e. The van der Waals surface area contributed by atoms with E-state index in [0.29, 0.717) is 12.0 Å². The monoisotopic (exact) mass is 276 g/mol. The van der Waals surface area contributed by atoms with Crippen molar-refractivity contribution in [2.45, 2.75) is 53.1 Å². The van der Waals surface area contributed by atoms with Gasteiger partial charge in [-0.1, -0.05) is 13.8 Å². The zero-order valence-corrected chi connectivity index (χ0v) is 13.3. The van der Waals surface area contributed by atoms with Crippen LogP contribution in [-0.4, -0.2) is 29.1 Å². The summed E-state index contributed by atoms with van der Waals surface area (Å²) in [5, 5.41) is 3.42. The molecule has 20 heavy (non-hydrogen) atoms. The summed E-state index contributed by atoms with van der Waals surface area (Å²) in [6.07, 6.45) is 6.64. The minimum absolute atomic E-state index is 0.459. The van der Waals surface area contributed by atoms with Crippen LogP contribution < -0.4 is 10.2 Å². The molecule has 4 heteroatoms. The van der Waals surface area contributed by atoms with Gasteiger partial charge in [-0.05, 0) is 45.1 Å². The van der Waals surface area contributed by atoms with Gasteiger partial charge in [0.05, 0.1) is 0 Å². The molecule has 0 atom stereocenters. The molecule has 1 aliphatic rings. The third-order valence-electron chi connectivity index (χ3n) is 3.61. The van der Waals surface area contributed by atoms with Crippen molar-refractivity contribution in [3.05, 3.63) is 18.0 Å². The average molecular weight is 276 g/mol. The minimum Gasteiger partial charge on any atom is -0.338 e. The molecule has 0 unspecified atom stereocenters. The van der Waals surface area contributed by atoms with Crippen LogP contribution in [0.1, 0.15) is 46.1 Å². The van der Waals surface area contributed by atoms with Crippen molar-refractivity contribution in [2.75, 3.05) is 18.0 Å². The molecule has 4 nitrogen and oxygen atoms in total. The molecule has 0 spiro atoms. The lowest BCUT2D eigenvalue weighted by Crippen LogP contribution is -2.34. The van der Waals surface area contributed by atoms with E-state index < -0.39 is 0 Å². The molecule has 0 saturated heterocycles. The number of hydrogen-bond acceptors (Lipinski definition) is 4. The van der Waals surface area contributed by atoms with Gasteiger partial charge in [-0.15, -0.1) is 0 Å². The number of rotatable bonds is 8. The maximum atomic E-state index is 4.55. The third-order valence-corrected chi connectivity index (χ3v) is 3.61. The van der Waals surface area contributed by atoms with Gasteiger partial charge < -0.3 is 10.2 Å². The number of aromatic nitrogens is 2. The molecule has 1 aromatic heterocycles. The van der Waals surface area contributed by atoms with E-state index in [9.17, 15) is 0 Å². The summed E-state index contributed by atoms with van der Waals surface area (Å²) in [6.45, 7) is 11.8. The van der Waals surface area contributed by atoms with Gasteiger partial charge in [-0.25, -0.2) is 9.97 Å². The predicted molar refractivity (Wildman–Crippen MR) is 83.8 cm³/mol. The molecule has 1 aliphatic carbocycles.